The highest BCUT2D eigenvalue weighted by Crippen LogP contribution is 2.21. The summed E-state index contributed by atoms with van der Waals surface area (Å²) < 4.78 is 3.10. The third kappa shape index (κ3) is 1.91. The van der Waals surface area contributed by atoms with Crippen LogP contribution in [0.5, 0.6) is 0 Å². The van der Waals surface area contributed by atoms with Crippen LogP contribution in [0.1, 0.15) is 5.56 Å². The summed E-state index contributed by atoms with van der Waals surface area (Å²) in [7, 11) is 0. The van der Waals surface area contributed by atoms with E-state index in [2.05, 4.69) is 49.0 Å². The highest BCUT2D eigenvalue weighted by atomic mass is 79.9. The van der Waals surface area contributed by atoms with Crippen molar-refractivity contribution < 1.29 is 0 Å². The van der Waals surface area contributed by atoms with Crippen LogP contribution in [0.25, 0.3) is 5.69 Å². The van der Waals surface area contributed by atoms with Gasteiger partial charge in [-0.2, -0.15) is 0 Å². The van der Waals surface area contributed by atoms with Crippen molar-refractivity contribution in [2.75, 3.05) is 0 Å². The van der Waals surface area contributed by atoms with Crippen LogP contribution in [0.15, 0.2) is 41.4 Å². The van der Waals surface area contributed by atoms with E-state index in [9.17, 15) is 0 Å². The van der Waals surface area contributed by atoms with Gasteiger partial charge in [0.1, 0.15) is 0 Å². The lowest BCUT2D eigenvalue weighted by molar-refractivity contribution is 1.04. The Labute approximate surface area is 99.2 Å². The van der Waals surface area contributed by atoms with Gasteiger partial charge < -0.3 is 4.57 Å². The average Bonchev–Trinajstić information content (AvgIpc) is 2.70. The first-order valence-electron chi connectivity index (χ1n) is 4.14. The highest BCUT2D eigenvalue weighted by Gasteiger charge is 2.03. The summed E-state index contributed by atoms with van der Waals surface area (Å²) in [6, 6.07) is 6.20. The van der Waals surface area contributed by atoms with Crippen molar-refractivity contribution in [1.29, 1.82) is 0 Å². The molecule has 0 spiro atoms. The van der Waals surface area contributed by atoms with Gasteiger partial charge in [-0.3, -0.25) is 0 Å². The molecular weight excluding hydrogens is 308 g/mol. The number of nitrogens with zero attached hydrogens (tertiary/aromatic N) is 2. The third-order valence-corrected chi connectivity index (χ3v) is 3.07. The molecular formula is C10H8Br2N2. The third-order valence-electron chi connectivity index (χ3n) is 1.97. The second-order valence-electron chi connectivity index (χ2n) is 2.88. The lowest BCUT2D eigenvalue weighted by Gasteiger charge is -2.07. The Morgan fingerprint density at radius 1 is 1.36 bits per heavy atom. The van der Waals surface area contributed by atoms with E-state index in [1.807, 2.05) is 16.8 Å². The molecule has 1 heterocycles. The van der Waals surface area contributed by atoms with Gasteiger partial charge in [0, 0.05) is 22.2 Å². The summed E-state index contributed by atoms with van der Waals surface area (Å²) in [6.07, 6.45) is 5.52. The second-order valence-corrected chi connectivity index (χ2v) is 4.35. The van der Waals surface area contributed by atoms with Crippen LogP contribution in [-0.4, -0.2) is 9.55 Å². The molecule has 0 bridgehead atoms. The Kier molecular flexibility index (Phi) is 3.03. The van der Waals surface area contributed by atoms with Gasteiger partial charge in [-0.1, -0.05) is 31.9 Å². The predicted octanol–water partition coefficient (Wildman–Crippen LogP) is 3.53. The Bertz CT molecular complexity index is 424. The monoisotopic (exact) mass is 314 g/mol. The summed E-state index contributed by atoms with van der Waals surface area (Å²) in [6.45, 7) is 0. The van der Waals surface area contributed by atoms with Crippen molar-refractivity contribution in [1.82, 2.24) is 9.55 Å². The van der Waals surface area contributed by atoms with Crippen LogP contribution in [0, 0.1) is 0 Å². The summed E-state index contributed by atoms with van der Waals surface area (Å²) in [5.41, 5.74) is 2.39. The van der Waals surface area contributed by atoms with Gasteiger partial charge in [0.05, 0.1) is 12.0 Å². The average molecular weight is 316 g/mol. The van der Waals surface area contributed by atoms with E-state index in [4.69, 9.17) is 0 Å². The Hall–Kier alpha value is -0.610. The molecule has 0 atom stereocenters. The van der Waals surface area contributed by atoms with Crippen molar-refractivity contribution >= 4 is 31.9 Å². The fourth-order valence-electron chi connectivity index (χ4n) is 1.31. The maximum Gasteiger partial charge on any atom is 0.0991 e. The second kappa shape index (κ2) is 4.28. The summed E-state index contributed by atoms with van der Waals surface area (Å²) in [5, 5.41) is 0.833. The molecule has 0 saturated heterocycles. The Morgan fingerprint density at radius 2 is 2.21 bits per heavy atom. The van der Waals surface area contributed by atoms with Crippen molar-refractivity contribution in [3.63, 3.8) is 0 Å². The number of hydrogen-bond donors (Lipinski definition) is 0. The lowest BCUT2D eigenvalue weighted by atomic mass is 10.2. The minimum atomic E-state index is 0.833. The number of hydrogen-bond acceptors (Lipinski definition) is 1. The normalized spacial score (nSPS) is 10.4. The first-order chi connectivity index (χ1) is 6.81. The smallest absolute Gasteiger partial charge is 0.0991 e. The van der Waals surface area contributed by atoms with Gasteiger partial charge in [0.15, 0.2) is 0 Å². The topological polar surface area (TPSA) is 17.8 Å². The summed E-state index contributed by atoms with van der Waals surface area (Å²) in [4.78, 5) is 4.03. The maximum atomic E-state index is 4.03. The number of alkyl halides is 1. The van der Waals surface area contributed by atoms with Crippen molar-refractivity contribution in [3.8, 4) is 5.69 Å². The summed E-state index contributed by atoms with van der Waals surface area (Å²) in [5.74, 6) is 0. The minimum Gasteiger partial charge on any atom is -0.306 e. The Balaban J connectivity index is 2.53. The molecule has 2 rings (SSSR count). The van der Waals surface area contributed by atoms with Gasteiger partial charge in [-0.25, -0.2) is 4.98 Å². The molecule has 1 aromatic heterocycles. The lowest BCUT2D eigenvalue weighted by Crippen LogP contribution is -1.95. The first-order valence-corrected chi connectivity index (χ1v) is 6.05. The summed E-state index contributed by atoms with van der Waals surface area (Å²) >= 11 is 6.93. The molecule has 0 aliphatic rings. The largest absolute Gasteiger partial charge is 0.306 e. The molecule has 14 heavy (non-hydrogen) atoms. The van der Waals surface area contributed by atoms with E-state index in [0.717, 1.165) is 15.5 Å². The SMILES string of the molecule is BrCc1cc(Br)ccc1-n1ccnc1. The fourth-order valence-corrected chi connectivity index (χ4v) is 2.17. The quantitative estimate of drug-likeness (QED) is 0.775. The molecule has 2 nitrogen and oxygen atoms in total. The zero-order chi connectivity index (χ0) is 9.97. The number of aromatic nitrogens is 2. The van der Waals surface area contributed by atoms with Gasteiger partial charge >= 0.3 is 0 Å². The number of imidazole rings is 1. The molecule has 0 amide bonds. The van der Waals surface area contributed by atoms with Crippen LogP contribution < -0.4 is 0 Å². The predicted molar refractivity (Wildman–Crippen MR) is 63.9 cm³/mol. The standard InChI is InChI=1S/C10H8Br2N2/c11-6-8-5-9(12)1-2-10(8)14-4-3-13-7-14/h1-5,7H,6H2. The van der Waals surface area contributed by atoms with Gasteiger partial charge in [0.25, 0.3) is 0 Å². The van der Waals surface area contributed by atoms with E-state index in [1.165, 1.54) is 5.56 Å². The number of rotatable bonds is 2. The molecule has 4 heteroatoms. The number of benzene rings is 1. The van der Waals surface area contributed by atoms with Crippen LogP contribution in [0.3, 0.4) is 0 Å². The van der Waals surface area contributed by atoms with Crippen LogP contribution >= 0.6 is 31.9 Å². The first kappa shape index (κ1) is 9.93. The van der Waals surface area contributed by atoms with E-state index in [0.29, 0.717) is 0 Å². The highest BCUT2D eigenvalue weighted by molar-refractivity contribution is 9.10. The van der Waals surface area contributed by atoms with E-state index in [-0.39, 0.29) is 0 Å². The molecule has 0 aliphatic carbocycles. The maximum absolute atomic E-state index is 4.03. The molecule has 0 radical (unpaired) electrons. The molecule has 1 aromatic carbocycles. The van der Waals surface area contributed by atoms with E-state index >= 15 is 0 Å². The molecule has 0 N–H and O–H groups in total. The minimum absolute atomic E-state index is 0.833. The van der Waals surface area contributed by atoms with Gasteiger partial charge in [-0.05, 0) is 23.8 Å². The molecule has 0 fully saturated rings. The van der Waals surface area contributed by atoms with Crippen LogP contribution in [-0.2, 0) is 5.33 Å². The van der Waals surface area contributed by atoms with Crippen molar-refractivity contribution in [2.45, 2.75) is 5.33 Å². The molecule has 72 valence electrons. The zero-order valence-electron chi connectivity index (χ0n) is 7.32. The molecule has 2 aromatic rings. The van der Waals surface area contributed by atoms with Crippen molar-refractivity contribution in [3.05, 3.63) is 47.0 Å². The number of halogens is 2. The molecule has 0 unspecified atom stereocenters. The fraction of sp³-hybridized carbons (Fsp3) is 0.100. The van der Waals surface area contributed by atoms with Gasteiger partial charge in [0.2, 0.25) is 0 Å². The van der Waals surface area contributed by atoms with Crippen LogP contribution in [0.2, 0.25) is 0 Å². The van der Waals surface area contributed by atoms with Crippen molar-refractivity contribution in [2.24, 2.45) is 0 Å². The molecule has 0 aliphatic heterocycles. The Morgan fingerprint density at radius 3 is 2.86 bits per heavy atom. The van der Waals surface area contributed by atoms with E-state index in [1.54, 1.807) is 12.5 Å². The molecule has 0 saturated carbocycles. The zero-order valence-corrected chi connectivity index (χ0v) is 10.5. The van der Waals surface area contributed by atoms with Crippen LogP contribution in [0.4, 0.5) is 0 Å². The van der Waals surface area contributed by atoms with Gasteiger partial charge in [-0.15, -0.1) is 0 Å². The van der Waals surface area contributed by atoms with E-state index < -0.39 is 0 Å².